The molecule has 1 rings (SSSR count). The Bertz CT molecular complexity index is 270. The van der Waals surface area contributed by atoms with Gasteiger partial charge in [0.2, 0.25) is 0 Å². The third-order valence-electron chi connectivity index (χ3n) is 5.87. The lowest BCUT2D eigenvalue weighted by Crippen LogP contribution is -2.33. The highest BCUT2D eigenvalue weighted by Gasteiger charge is 2.22. The van der Waals surface area contributed by atoms with Crippen molar-refractivity contribution in [2.45, 2.75) is 153 Å². The van der Waals surface area contributed by atoms with Gasteiger partial charge in [-0.1, -0.05) is 129 Å². The van der Waals surface area contributed by atoms with Crippen molar-refractivity contribution in [1.29, 1.82) is 0 Å². The average Bonchev–Trinajstić information content (AvgIpc) is 3.13. The second-order valence-electron chi connectivity index (χ2n) is 8.64. The topological polar surface area (TPSA) is 24.1 Å². The molecule has 0 aromatic rings. The van der Waals surface area contributed by atoms with Crippen molar-refractivity contribution in [3.63, 3.8) is 0 Å². The number of hydrogen-bond acceptors (Lipinski definition) is 3. The molecular weight excluding hydrogens is 348 g/mol. The number of nitrogens with one attached hydrogen (secondary N) is 2. The molecule has 27 heavy (non-hydrogen) atoms. The minimum Gasteiger partial charge on any atom is -0.244 e. The van der Waals surface area contributed by atoms with E-state index >= 15 is 0 Å². The summed E-state index contributed by atoms with van der Waals surface area (Å²) in [4.78, 5) is 0. The van der Waals surface area contributed by atoms with Crippen LogP contribution in [0.1, 0.15) is 142 Å². The van der Waals surface area contributed by atoms with E-state index < -0.39 is 0 Å². The van der Waals surface area contributed by atoms with Gasteiger partial charge in [-0.25, -0.2) is 10.9 Å². The van der Waals surface area contributed by atoms with E-state index in [0.717, 1.165) is 0 Å². The summed E-state index contributed by atoms with van der Waals surface area (Å²) in [7, 11) is 0. The van der Waals surface area contributed by atoms with Gasteiger partial charge in [0.25, 0.3) is 0 Å². The Hall–Kier alpha value is 0.270. The van der Waals surface area contributed by atoms with E-state index in [1.165, 1.54) is 128 Å². The minimum absolute atomic E-state index is 0.651. The van der Waals surface area contributed by atoms with Crippen LogP contribution in [0, 0.1) is 0 Å². The zero-order valence-electron chi connectivity index (χ0n) is 18.7. The molecule has 2 nitrogen and oxygen atoms in total. The Balaban J connectivity index is 1.81. The van der Waals surface area contributed by atoms with Gasteiger partial charge >= 0.3 is 0 Å². The van der Waals surface area contributed by atoms with Gasteiger partial charge < -0.3 is 0 Å². The molecule has 0 spiro atoms. The molecule has 0 amide bonds. The largest absolute Gasteiger partial charge is 0.244 e. The number of hydrazine groups is 1. The summed E-state index contributed by atoms with van der Waals surface area (Å²) in [5.74, 6) is 0. The number of hydrogen-bond donors (Lipinski definition) is 2. The molecule has 0 saturated carbocycles. The molecule has 2 N–H and O–H groups in total. The number of rotatable bonds is 20. The van der Waals surface area contributed by atoms with E-state index in [0.29, 0.717) is 10.7 Å². The molecule has 0 unspecified atom stereocenters. The Labute approximate surface area is 175 Å². The molecule has 1 aliphatic rings. The van der Waals surface area contributed by atoms with Crippen LogP contribution in [0.2, 0.25) is 0 Å². The van der Waals surface area contributed by atoms with Gasteiger partial charge in [-0.15, -0.1) is 11.8 Å². The summed E-state index contributed by atoms with van der Waals surface area (Å²) in [6.07, 6.45) is 28.4. The van der Waals surface area contributed by atoms with Crippen LogP contribution in [-0.4, -0.2) is 10.7 Å². The fraction of sp³-hybridized carbons (Fsp3) is 1.00. The number of unbranched alkanes of at least 4 members (excludes halogenated alkanes) is 16. The van der Waals surface area contributed by atoms with Crippen LogP contribution in [0.3, 0.4) is 0 Å². The Kier molecular flexibility index (Phi) is 18.4. The molecular formula is C24H50N2S. The zero-order valence-corrected chi connectivity index (χ0v) is 19.5. The second kappa shape index (κ2) is 19.6. The lowest BCUT2D eigenvalue weighted by molar-refractivity contribution is 0.473. The molecule has 1 aliphatic heterocycles. The van der Waals surface area contributed by atoms with Gasteiger partial charge in [0.05, 0.1) is 10.7 Å². The van der Waals surface area contributed by atoms with Gasteiger partial charge in [-0.2, -0.15) is 0 Å². The van der Waals surface area contributed by atoms with Gasteiger partial charge in [-0.05, 0) is 12.8 Å². The van der Waals surface area contributed by atoms with Crippen molar-refractivity contribution >= 4 is 11.8 Å². The van der Waals surface area contributed by atoms with Crippen LogP contribution >= 0.6 is 11.8 Å². The molecule has 0 aliphatic carbocycles. The van der Waals surface area contributed by atoms with Crippen LogP contribution in [0.25, 0.3) is 0 Å². The van der Waals surface area contributed by atoms with E-state index in [1.54, 1.807) is 0 Å². The smallest absolute Gasteiger partial charge is 0.0682 e. The van der Waals surface area contributed by atoms with Crippen molar-refractivity contribution in [1.82, 2.24) is 10.9 Å². The first-order chi connectivity index (χ1) is 13.4. The monoisotopic (exact) mass is 398 g/mol. The minimum atomic E-state index is 0.651. The van der Waals surface area contributed by atoms with Crippen LogP contribution in [0.5, 0.6) is 0 Å². The molecule has 0 radical (unpaired) electrons. The molecule has 1 heterocycles. The first kappa shape index (κ1) is 25.3. The third kappa shape index (κ3) is 15.8. The molecule has 0 bridgehead atoms. The van der Waals surface area contributed by atoms with E-state index in [1.807, 2.05) is 0 Å². The van der Waals surface area contributed by atoms with Gasteiger partial charge in [0.15, 0.2) is 0 Å². The van der Waals surface area contributed by atoms with Crippen molar-refractivity contribution in [2.24, 2.45) is 0 Å². The summed E-state index contributed by atoms with van der Waals surface area (Å²) >= 11 is 2.14. The van der Waals surface area contributed by atoms with Gasteiger partial charge in [0, 0.05) is 0 Å². The second-order valence-corrected chi connectivity index (χ2v) is 10.0. The van der Waals surface area contributed by atoms with Crippen molar-refractivity contribution in [3.05, 3.63) is 0 Å². The predicted octanol–water partition coefficient (Wildman–Crippen LogP) is 8.32. The summed E-state index contributed by atoms with van der Waals surface area (Å²) in [5.41, 5.74) is 7.05. The Morgan fingerprint density at radius 2 is 0.741 bits per heavy atom. The Morgan fingerprint density at radius 1 is 0.444 bits per heavy atom. The van der Waals surface area contributed by atoms with Crippen LogP contribution in [-0.2, 0) is 0 Å². The highest BCUT2D eigenvalue weighted by atomic mass is 32.2. The third-order valence-corrected chi connectivity index (χ3v) is 7.24. The highest BCUT2D eigenvalue weighted by molar-refractivity contribution is 8.00. The zero-order chi connectivity index (χ0) is 19.4. The standard InChI is InChI=1S/C24H50N2S/c1-3-5-7-9-11-13-15-17-19-21-23-25-26-24(27-23)22-20-18-16-14-12-10-8-6-4-2/h23-26H,3-22H2,1-2H3/t23-,24-/m1/s1. The molecule has 0 aromatic heterocycles. The lowest BCUT2D eigenvalue weighted by atomic mass is 10.1. The average molecular weight is 399 g/mol. The van der Waals surface area contributed by atoms with E-state index in [-0.39, 0.29) is 0 Å². The van der Waals surface area contributed by atoms with E-state index in [2.05, 4.69) is 36.5 Å². The number of thioether (sulfide) groups is 1. The molecule has 1 saturated heterocycles. The SMILES string of the molecule is CCCCCCCCCCC[C@@H]1NN[C@@H](CCCCCCCCCCC)S1. The molecule has 1 fully saturated rings. The molecule has 0 aromatic carbocycles. The summed E-state index contributed by atoms with van der Waals surface area (Å²) < 4.78 is 0. The van der Waals surface area contributed by atoms with Crippen LogP contribution in [0.4, 0.5) is 0 Å². The summed E-state index contributed by atoms with van der Waals surface area (Å²) in [6, 6.07) is 0. The maximum atomic E-state index is 3.53. The maximum Gasteiger partial charge on any atom is 0.0682 e. The maximum absolute atomic E-state index is 3.53. The fourth-order valence-corrected chi connectivity index (χ4v) is 5.29. The van der Waals surface area contributed by atoms with Crippen LogP contribution in [0.15, 0.2) is 0 Å². The Morgan fingerprint density at radius 3 is 1.07 bits per heavy atom. The quantitative estimate of drug-likeness (QED) is 0.202. The van der Waals surface area contributed by atoms with Crippen LogP contribution < -0.4 is 10.9 Å². The first-order valence-electron chi connectivity index (χ1n) is 12.5. The predicted molar refractivity (Wildman–Crippen MR) is 125 cm³/mol. The highest BCUT2D eigenvalue weighted by Crippen LogP contribution is 2.27. The summed E-state index contributed by atoms with van der Waals surface area (Å²) in [6.45, 7) is 4.59. The van der Waals surface area contributed by atoms with E-state index in [9.17, 15) is 0 Å². The molecule has 3 heteroatoms. The summed E-state index contributed by atoms with van der Waals surface area (Å²) in [5, 5.41) is 1.30. The van der Waals surface area contributed by atoms with Crippen molar-refractivity contribution in [2.75, 3.05) is 0 Å². The normalized spacial score (nSPS) is 19.8. The van der Waals surface area contributed by atoms with Crippen molar-refractivity contribution < 1.29 is 0 Å². The van der Waals surface area contributed by atoms with Gasteiger partial charge in [0.1, 0.15) is 0 Å². The molecule has 162 valence electrons. The van der Waals surface area contributed by atoms with Crippen molar-refractivity contribution in [3.8, 4) is 0 Å². The fourth-order valence-electron chi connectivity index (χ4n) is 4.01. The van der Waals surface area contributed by atoms with Gasteiger partial charge in [-0.3, -0.25) is 0 Å². The first-order valence-corrected chi connectivity index (χ1v) is 13.5. The molecule has 2 atom stereocenters. The van der Waals surface area contributed by atoms with E-state index in [4.69, 9.17) is 0 Å². The lowest BCUT2D eigenvalue weighted by Gasteiger charge is -2.09.